The zero-order valence-electron chi connectivity index (χ0n) is 7.96. The van der Waals surface area contributed by atoms with Crippen molar-refractivity contribution in [3.8, 4) is 0 Å². The molecule has 0 aliphatic heterocycles. The molecular formula is C13H14. The Bertz CT molecular complexity index is 326. The second kappa shape index (κ2) is 4.46. The second-order valence-electron chi connectivity index (χ2n) is 2.91. The fraction of sp³-hybridized carbons (Fsp3) is 0.0769. The molecule has 0 bridgehead atoms. The van der Waals surface area contributed by atoms with Crippen LogP contribution < -0.4 is 0 Å². The van der Waals surface area contributed by atoms with E-state index in [1.165, 1.54) is 11.1 Å². The van der Waals surface area contributed by atoms with Gasteiger partial charge in [0.25, 0.3) is 0 Å². The highest BCUT2D eigenvalue weighted by molar-refractivity contribution is 5.66. The van der Waals surface area contributed by atoms with Gasteiger partial charge in [0, 0.05) is 0 Å². The SMILES string of the molecule is C=C/C=C(\C)c1ccc(C=C)cc1. The van der Waals surface area contributed by atoms with Crippen molar-refractivity contribution in [1.29, 1.82) is 0 Å². The van der Waals surface area contributed by atoms with Crippen molar-refractivity contribution in [2.45, 2.75) is 6.92 Å². The molecule has 0 fully saturated rings. The highest BCUT2D eigenvalue weighted by Gasteiger charge is 1.92. The number of allylic oxidation sites excluding steroid dienone is 3. The molecule has 0 nitrogen and oxygen atoms in total. The molecule has 0 radical (unpaired) electrons. The molecule has 0 unspecified atom stereocenters. The summed E-state index contributed by atoms with van der Waals surface area (Å²) >= 11 is 0. The van der Waals surface area contributed by atoms with E-state index in [-0.39, 0.29) is 0 Å². The first-order valence-electron chi connectivity index (χ1n) is 4.30. The summed E-state index contributed by atoms with van der Waals surface area (Å²) in [5.41, 5.74) is 3.60. The third-order valence-corrected chi connectivity index (χ3v) is 1.97. The van der Waals surface area contributed by atoms with Gasteiger partial charge < -0.3 is 0 Å². The Morgan fingerprint density at radius 3 is 2.23 bits per heavy atom. The van der Waals surface area contributed by atoms with Gasteiger partial charge in [0.2, 0.25) is 0 Å². The van der Waals surface area contributed by atoms with E-state index >= 15 is 0 Å². The van der Waals surface area contributed by atoms with Crippen molar-refractivity contribution in [3.63, 3.8) is 0 Å². The molecule has 0 aromatic heterocycles. The van der Waals surface area contributed by atoms with Crippen molar-refractivity contribution >= 4 is 11.6 Å². The Kier molecular flexibility index (Phi) is 3.27. The molecule has 0 saturated carbocycles. The van der Waals surface area contributed by atoms with Gasteiger partial charge in [-0.05, 0) is 23.6 Å². The van der Waals surface area contributed by atoms with E-state index in [9.17, 15) is 0 Å². The maximum atomic E-state index is 3.71. The minimum atomic E-state index is 1.15. The number of hydrogen-bond acceptors (Lipinski definition) is 0. The zero-order chi connectivity index (χ0) is 9.68. The molecule has 0 saturated heterocycles. The van der Waals surface area contributed by atoms with E-state index in [4.69, 9.17) is 0 Å². The van der Waals surface area contributed by atoms with Crippen LogP contribution in [0.2, 0.25) is 0 Å². The standard InChI is InChI=1S/C13H14/c1-4-6-11(3)13-9-7-12(5-2)8-10-13/h4-10H,1-2H2,3H3/b11-6+. The summed E-state index contributed by atoms with van der Waals surface area (Å²) in [5, 5.41) is 0. The van der Waals surface area contributed by atoms with Crippen LogP contribution in [-0.4, -0.2) is 0 Å². The zero-order valence-corrected chi connectivity index (χ0v) is 7.96. The lowest BCUT2D eigenvalue weighted by Crippen LogP contribution is -1.79. The van der Waals surface area contributed by atoms with E-state index in [2.05, 4.69) is 44.3 Å². The van der Waals surface area contributed by atoms with Crippen LogP contribution in [0.5, 0.6) is 0 Å². The van der Waals surface area contributed by atoms with Gasteiger partial charge in [-0.25, -0.2) is 0 Å². The minimum absolute atomic E-state index is 1.15. The van der Waals surface area contributed by atoms with Crippen LogP contribution in [0.3, 0.4) is 0 Å². The third-order valence-electron chi connectivity index (χ3n) is 1.97. The average Bonchev–Trinajstić information content (AvgIpc) is 2.18. The lowest BCUT2D eigenvalue weighted by molar-refractivity contribution is 1.55. The molecule has 0 atom stereocenters. The van der Waals surface area contributed by atoms with Crippen LogP contribution in [-0.2, 0) is 0 Å². The average molecular weight is 170 g/mol. The van der Waals surface area contributed by atoms with Gasteiger partial charge in [0.05, 0.1) is 0 Å². The Labute approximate surface area is 79.9 Å². The molecule has 0 heterocycles. The molecule has 0 N–H and O–H groups in total. The summed E-state index contributed by atoms with van der Waals surface area (Å²) in [4.78, 5) is 0. The van der Waals surface area contributed by atoms with Gasteiger partial charge >= 0.3 is 0 Å². The lowest BCUT2D eigenvalue weighted by Gasteiger charge is -2.00. The molecule has 0 amide bonds. The van der Waals surface area contributed by atoms with Gasteiger partial charge in [-0.1, -0.05) is 55.7 Å². The molecule has 0 aliphatic rings. The summed E-state index contributed by atoms with van der Waals surface area (Å²) in [5.74, 6) is 0. The molecule has 1 aromatic rings. The van der Waals surface area contributed by atoms with Crippen LogP contribution in [0.4, 0.5) is 0 Å². The van der Waals surface area contributed by atoms with Crippen molar-refractivity contribution < 1.29 is 0 Å². The lowest BCUT2D eigenvalue weighted by atomic mass is 10.1. The Morgan fingerprint density at radius 2 is 1.77 bits per heavy atom. The predicted molar refractivity (Wildman–Crippen MR) is 60.4 cm³/mol. The Morgan fingerprint density at radius 1 is 1.15 bits per heavy atom. The quantitative estimate of drug-likeness (QED) is 0.603. The first-order valence-corrected chi connectivity index (χ1v) is 4.30. The van der Waals surface area contributed by atoms with Crippen LogP contribution in [0, 0.1) is 0 Å². The molecule has 0 spiro atoms. The van der Waals surface area contributed by atoms with Crippen LogP contribution in [0.15, 0.2) is 49.6 Å². The van der Waals surface area contributed by atoms with Crippen molar-refractivity contribution in [2.24, 2.45) is 0 Å². The fourth-order valence-electron chi connectivity index (χ4n) is 1.16. The minimum Gasteiger partial charge on any atom is -0.0991 e. The summed E-state index contributed by atoms with van der Waals surface area (Å²) in [6.45, 7) is 9.45. The highest BCUT2D eigenvalue weighted by atomic mass is 14.0. The Hall–Kier alpha value is -1.56. The van der Waals surface area contributed by atoms with Crippen LogP contribution >= 0.6 is 0 Å². The molecule has 66 valence electrons. The number of hydrogen-bond donors (Lipinski definition) is 0. The Balaban J connectivity index is 2.98. The maximum absolute atomic E-state index is 3.71. The second-order valence-corrected chi connectivity index (χ2v) is 2.91. The normalized spacial score (nSPS) is 11.0. The first kappa shape index (κ1) is 9.53. The fourth-order valence-corrected chi connectivity index (χ4v) is 1.16. The van der Waals surface area contributed by atoms with E-state index < -0.39 is 0 Å². The summed E-state index contributed by atoms with van der Waals surface area (Å²) < 4.78 is 0. The van der Waals surface area contributed by atoms with E-state index in [1.54, 1.807) is 6.08 Å². The smallest absolute Gasteiger partial charge is 0.0227 e. The molecule has 1 rings (SSSR count). The first-order chi connectivity index (χ1) is 6.27. The van der Waals surface area contributed by atoms with Gasteiger partial charge in [0.1, 0.15) is 0 Å². The molecule has 0 heteroatoms. The van der Waals surface area contributed by atoms with Gasteiger partial charge in [-0.15, -0.1) is 0 Å². The summed E-state index contributed by atoms with van der Waals surface area (Å²) in [6, 6.07) is 8.30. The van der Waals surface area contributed by atoms with Crippen molar-refractivity contribution in [2.75, 3.05) is 0 Å². The third kappa shape index (κ3) is 2.45. The van der Waals surface area contributed by atoms with Gasteiger partial charge in [-0.2, -0.15) is 0 Å². The van der Waals surface area contributed by atoms with Gasteiger partial charge in [-0.3, -0.25) is 0 Å². The van der Waals surface area contributed by atoms with Crippen molar-refractivity contribution in [1.82, 2.24) is 0 Å². The topological polar surface area (TPSA) is 0 Å². The van der Waals surface area contributed by atoms with Crippen molar-refractivity contribution in [3.05, 3.63) is 60.7 Å². The molecule has 13 heavy (non-hydrogen) atoms. The van der Waals surface area contributed by atoms with E-state index in [1.807, 2.05) is 12.2 Å². The van der Waals surface area contributed by atoms with Crippen LogP contribution in [0.25, 0.3) is 11.6 Å². The predicted octanol–water partition coefficient (Wildman–Crippen LogP) is 3.92. The maximum Gasteiger partial charge on any atom is -0.0227 e. The molecular weight excluding hydrogens is 156 g/mol. The van der Waals surface area contributed by atoms with E-state index in [0.717, 1.165) is 5.56 Å². The largest absolute Gasteiger partial charge is 0.0991 e. The summed E-state index contributed by atoms with van der Waals surface area (Å²) in [7, 11) is 0. The monoisotopic (exact) mass is 170 g/mol. The summed E-state index contributed by atoms with van der Waals surface area (Å²) in [6.07, 6.45) is 5.65. The van der Waals surface area contributed by atoms with Crippen LogP contribution in [0.1, 0.15) is 18.1 Å². The number of benzene rings is 1. The molecule has 0 aliphatic carbocycles. The number of rotatable bonds is 3. The van der Waals surface area contributed by atoms with E-state index in [0.29, 0.717) is 0 Å². The van der Waals surface area contributed by atoms with Gasteiger partial charge in [0.15, 0.2) is 0 Å². The highest BCUT2D eigenvalue weighted by Crippen LogP contribution is 2.14. The molecule has 1 aromatic carbocycles.